The number of nitriles is 1. The van der Waals surface area contributed by atoms with Crippen LogP contribution in [0, 0.1) is 11.3 Å². The smallest absolute Gasteiger partial charge is 0.264 e. The molecule has 0 unspecified atom stereocenters. The zero-order valence-electron chi connectivity index (χ0n) is 13.4. The van der Waals surface area contributed by atoms with Gasteiger partial charge in [0.25, 0.3) is 5.91 Å². The summed E-state index contributed by atoms with van der Waals surface area (Å²) in [6.07, 6.45) is 2.89. The molecule has 0 bridgehead atoms. The maximum atomic E-state index is 12.2. The lowest BCUT2D eigenvalue weighted by molar-refractivity contribution is -0.117. The molecule has 1 heterocycles. The van der Waals surface area contributed by atoms with Crippen LogP contribution in [-0.2, 0) is 11.3 Å². The van der Waals surface area contributed by atoms with Crippen molar-refractivity contribution in [2.24, 2.45) is 5.73 Å². The Morgan fingerprint density at radius 3 is 2.84 bits per heavy atom. The summed E-state index contributed by atoms with van der Waals surface area (Å²) in [6, 6.07) is 6.14. The van der Waals surface area contributed by atoms with E-state index < -0.39 is 5.91 Å². The SMILES string of the molecule is COc1cc(/C(N)=C(\C#N)C(=O)NCc2ccncn2)cc(N)c1O. The second-order valence-electron chi connectivity index (χ2n) is 4.90. The lowest BCUT2D eigenvalue weighted by Crippen LogP contribution is -2.26. The minimum atomic E-state index is -0.663. The van der Waals surface area contributed by atoms with E-state index in [1.54, 1.807) is 12.1 Å². The number of nitrogen functional groups attached to an aromatic ring is 1. The highest BCUT2D eigenvalue weighted by atomic mass is 16.5. The molecule has 128 valence electrons. The minimum absolute atomic E-state index is 0.0102. The summed E-state index contributed by atoms with van der Waals surface area (Å²) in [5, 5.41) is 21.6. The Morgan fingerprint density at radius 1 is 1.48 bits per heavy atom. The van der Waals surface area contributed by atoms with Crippen molar-refractivity contribution < 1.29 is 14.6 Å². The number of aromatic hydroxyl groups is 1. The molecule has 0 radical (unpaired) electrons. The molecule has 0 saturated carbocycles. The van der Waals surface area contributed by atoms with Gasteiger partial charge in [-0.1, -0.05) is 0 Å². The molecular weight excluding hydrogens is 324 g/mol. The van der Waals surface area contributed by atoms with Crippen LogP contribution in [0.15, 0.2) is 36.3 Å². The number of hydrogen-bond acceptors (Lipinski definition) is 8. The number of nitrogens with zero attached hydrogens (tertiary/aromatic N) is 3. The highest BCUT2D eigenvalue weighted by molar-refractivity contribution is 6.04. The van der Waals surface area contributed by atoms with Gasteiger partial charge >= 0.3 is 0 Å². The van der Waals surface area contributed by atoms with Crippen LogP contribution in [0.4, 0.5) is 5.69 Å². The molecule has 1 amide bonds. The number of carbonyl (C=O) groups is 1. The molecular formula is C16H16N6O3. The van der Waals surface area contributed by atoms with Gasteiger partial charge in [-0.2, -0.15) is 5.26 Å². The molecule has 9 nitrogen and oxygen atoms in total. The van der Waals surface area contributed by atoms with E-state index in [1.807, 2.05) is 0 Å². The molecule has 0 aliphatic rings. The molecule has 1 aromatic carbocycles. The summed E-state index contributed by atoms with van der Waals surface area (Å²) in [7, 11) is 1.35. The molecule has 0 fully saturated rings. The fourth-order valence-corrected chi connectivity index (χ4v) is 2.00. The van der Waals surface area contributed by atoms with Gasteiger partial charge in [-0.3, -0.25) is 4.79 Å². The van der Waals surface area contributed by atoms with Crippen LogP contribution >= 0.6 is 0 Å². The monoisotopic (exact) mass is 340 g/mol. The summed E-state index contributed by atoms with van der Waals surface area (Å²) in [6.45, 7) is 0.112. The molecule has 6 N–H and O–H groups in total. The lowest BCUT2D eigenvalue weighted by atomic mass is 10.1. The number of nitrogens with two attached hydrogens (primary N) is 2. The van der Waals surface area contributed by atoms with E-state index in [9.17, 15) is 15.2 Å². The zero-order chi connectivity index (χ0) is 18.4. The number of ether oxygens (including phenoxy) is 1. The Bertz CT molecular complexity index is 858. The van der Waals surface area contributed by atoms with E-state index in [2.05, 4.69) is 15.3 Å². The van der Waals surface area contributed by atoms with Gasteiger partial charge in [0.05, 0.1) is 30.7 Å². The maximum Gasteiger partial charge on any atom is 0.264 e. The van der Waals surface area contributed by atoms with Crippen LogP contribution in [0.25, 0.3) is 5.70 Å². The van der Waals surface area contributed by atoms with E-state index in [0.29, 0.717) is 5.69 Å². The molecule has 1 aromatic heterocycles. The first-order valence-corrected chi connectivity index (χ1v) is 7.07. The van der Waals surface area contributed by atoms with Gasteiger partial charge in [-0.25, -0.2) is 9.97 Å². The molecule has 0 saturated heterocycles. The molecule has 0 aliphatic heterocycles. The summed E-state index contributed by atoms with van der Waals surface area (Å²) in [5.41, 5.74) is 12.1. The third kappa shape index (κ3) is 3.94. The molecule has 2 aromatic rings. The second kappa shape index (κ2) is 7.65. The number of phenols is 1. The molecule has 25 heavy (non-hydrogen) atoms. The highest BCUT2D eigenvalue weighted by Crippen LogP contribution is 2.35. The Kier molecular flexibility index (Phi) is 5.37. The topological polar surface area (TPSA) is 160 Å². The van der Waals surface area contributed by atoms with Gasteiger partial charge < -0.3 is 26.6 Å². The lowest BCUT2D eigenvalue weighted by Gasteiger charge is -2.11. The van der Waals surface area contributed by atoms with Gasteiger partial charge in [0.15, 0.2) is 11.5 Å². The Morgan fingerprint density at radius 2 is 2.24 bits per heavy atom. The number of phenolic OH excluding ortho intramolecular Hbond substituents is 1. The standard InChI is InChI=1S/C16H16N6O3/c1-25-13-5-9(4-12(18)15(13)23)14(19)11(6-17)16(24)21-7-10-2-3-20-8-22-10/h2-5,8,23H,7,18-19H2,1H3,(H,21,24)/b14-11-. The van der Waals surface area contributed by atoms with Gasteiger partial charge in [0.2, 0.25) is 0 Å². The van der Waals surface area contributed by atoms with Crippen molar-refractivity contribution in [1.29, 1.82) is 5.26 Å². The molecule has 0 spiro atoms. The first-order valence-electron chi connectivity index (χ1n) is 7.07. The quantitative estimate of drug-likeness (QED) is 0.261. The highest BCUT2D eigenvalue weighted by Gasteiger charge is 2.17. The first-order chi connectivity index (χ1) is 12.0. The molecule has 2 rings (SSSR count). The third-order valence-corrected chi connectivity index (χ3v) is 3.32. The van der Waals surface area contributed by atoms with Crippen molar-refractivity contribution in [3.8, 4) is 17.6 Å². The van der Waals surface area contributed by atoms with Gasteiger partial charge in [0.1, 0.15) is 18.0 Å². The summed E-state index contributed by atoms with van der Waals surface area (Å²) < 4.78 is 4.99. The third-order valence-electron chi connectivity index (χ3n) is 3.32. The number of methoxy groups -OCH3 is 1. The number of benzene rings is 1. The summed E-state index contributed by atoms with van der Waals surface area (Å²) >= 11 is 0. The largest absolute Gasteiger partial charge is 0.503 e. The summed E-state index contributed by atoms with van der Waals surface area (Å²) in [5.74, 6) is -0.827. The van der Waals surface area contributed by atoms with Crippen molar-refractivity contribution in [3.63, 3.8) is 0 Å². The van der Waals surface area contributed by atoms with Gasteiger partial charge in [-0.15, -0.1) is 0 Å². The van der Waals surface area contributed by atoms with E-state index in [0.717, 1.165) is 0 Å². The predicted molar refractivity (Wildman–Crippen MR) is 89.7 cm³/mol. The molecule has 9 heteroatoms. The molecule has 0 atom stereocenters. The maximum absolute atomic E-state index is 12.2. The van der Waals surface area contributed by atoms with Crippen molar-refractivity contribution in [1.82, 2.24) is 15.3 Å². The second-order valence-corrected chi connectivity index (χ2v) is 4.90. The van der Waals surface area contributed by atoms with Crippen molar-refractivity contribution >= 4 is 17.3 Å². The van der Waals surface area contributed by atoms with Crippen LogP contribution in [0.2, 0.25) is 0 Å². The number of hydrogen-bond donors (Lipinski definition) is 4. The number of rotatable bonds is 5. The van der Waals surface area contributed by atoms with Crippen LogP contribution < -0.4 is 21.5 Å². The fraction of sp³-hybridized carbons (Fsp3) is 0.125. The van der Waals surface area contributed by atoms with E-state index in [-0.39, 0.29) is 40.6 Å². The normalized spacial score (nSPS) is 11.2. The number of aromatic nitrogens is 2. The Hall–Kier alpha value is -3.80. The minimum Gasteiger partial charge on any atom is -0.503 e. The number of amides is 1. The average Bonchev–Trinajstić information content (AvgIpc) is 2.63. The van der Waals surface area contributed by atoms with Crippen LogP contribution in [0.5, 0.6) is 11.5 Å². The Balaban J connectivity index is 2.29. The zero-order valence-corrected chi connectivity index (χ0v) is 13.4. The average molecular weight is 340 g/mol. The van der Waals surface area contributed by atoms with Crippen molar-refractivity contribution in [3.05, 3.63) is 47.6 Å². The Labute approximate surface area is 143 Å². The number of nitrogens with one attached hydrogen (secondary N) is 1. The number of anilines is 1. The molecule has 0 aliphatic carbocycles. The number of carbonyl (C=O) groups excluding carboxylic acids is 1. The van der Waals surface area contributed by atoms with E-state index in [4.69, 9.17) is 16.2 Å². The van der Waals surface area contributed by atoms with Crippen LogP contribution in [0.1, 0.15) is 11.3 Å². The van der Waals surface area contributed by atoms with Crippen molar-refractivity contribution in [2.75, 3.05) is 12.8 Å². The van der Waals surface area contributed by atoms with E-state index >= 15 is 0 Å². The summed E-state index contributed by atoms with van der Waals surface area (Å²) in [4.78, 5) is 20.0. The van der Waals surface area contributed by atoms with Gasteiger partial charge in [0, 0.05) is 11.8 Å². The van der Waals surface area contributed by atoms with E-state index in [1.165, 1.54) is 31.8 Å². The van der Waals surface area contributed by atoms with Gasteiger partial charge in [-0.05, 0) is 18.2 Å². The van der Waals surface area contributed by atoms with Crippen LogP contribution in [0.3, 0.4) is 0 Å². The first kappa shape index (κ1) is 17.6. The van der Waals surface area contributed by atoms with Crippen molar-refractivity contribution in [2.45, 2.75) is 6.54 Å². The van der Waals surface area contributed by atoms with Crippen LogP contribution in [-0.4, -0.2) is 28.1 Å². The fourth-order valence-electron chi connectivity index (χ4n) is 2.00. The predicted octanol–water partition coefficient (Wildman–Crippen LogP) is 0.283.